The van der Waals surface area contributed by atoms with Gasteiger partial charge in [0.2, 0.25) is 0 Å². The molecule has 2 unspecified atom stereocenters. The monoisotopic (exact) mass is 432 g/mol. The van der Waals surface area contributed by atoms with Gasteiger partial charge in [-0.15, -0.1) is 0 Å². The van der Waals surface area contributed by atoms with Crippen LogP contribution in [-0.4, -0.2) is 73.9 Å². The Morgan fingerprint density at radius 1 is 1.33 bits per heavy atom. The van der Waals surface area contributed by atoms with Gasteiger partial charge in [0, 0.05) is 26.2 Å². The predicted molar refractivity (Wildman–Crippen MR) is 110 cm³/mol. The van der Waals surface area contributed by atoms with Gasteiger partial charge in [0.05, 0.1) is 13.1 Å². The highest BCUT2D eigenvalue weighted by molar-refractivity contribution is 5.80. The molecule has 1 saturated heterocycles. The molecule has 2 atom stereocenters. The first-order valence-electron chi connectivity index (χ1n) is 10.4. The number of para-hydroxylation sites is 1. The van der Waals surface area contributed by atoms with Crippen LogP contribution in [0.25, 0.3) is 0 Å². The molecule has 30 heavy (non-hydrogen) atoms. The Morgan fingerprint density at radius 3 is 2.70 bits per heavy atom. The average molecular weight is 433 g/mol. The number of guanidine groups is 1. The van der Waals surface area contributed by atoms with Gasteiger partial charge in [-0.3, -0.25) is 4.90 Å². The van der Waals surface area contributed by atoms with Crippen molar-refractivity contribution in [3.05, 3.63) is 30.1 Å². The number of rotatable bonds is 9. The van der Waals surface area contributed by atoms with E-state index in [0.717, 1.165) is 13.0 Å². The van der Waals surface area contributed by atoms with Gasteiger partial charge in [-0.05, 0) is 44.9 Å². The molecular formula is C21H32F4N4O. The summed E-state index contributed by atoms with van der Waals surface area (Å²) >= 11 is 0. The van der Waals surface area contributed by atoms with Crippen LogP contribution in [0.2, 0.25) is 0 Å². The molecule has 1 aliphatic heterocycles. The number of likely N-dealkylation sites (tertiary alicyclic amines) is 1. The lowest BCUT2D eigenvalue weighted by Gasteiger charge is -2.26. The van der Waals surface area contributed by atoms with Crippen LogP contribution in [0.3, 0.4) is 0 Å². The molecule has 0 spiro atoms. The fourth-order valence-corrected chi connectivity index (χ4v) is 3.53. The summed E-state index contributed by atoms with van der Waals surface area (Å²) in [5.41, 5.74) is 0. The molecule has 1 N–H and O–H groups in total. The molecule has 0 aliphatic carbocycles. The largest absolute Gasteiger partial charge is 0.486 e. The number of nitrogens with zero attached hydrogens (tertiary/aromatic N) is 3. The first-order chi connectivity index (χ1) is 14.2. The minimum atomic E-state index is -4.18. The molecule has 0 bridgehead atoms. The fourth-order valence-electron chi connectivity index (χ4n) is 3.53. The van der Waals surface area contributed by atoms with Gasteiger partial charge in [-0.1, -0.05) is 19.1 Å². The maximum absolute atomic E-state index is 13.7. The number of hydrogen-bond donors (Lipinski definition) is 1. The zero-order valence-electron chi connectivity index (χ0n) is 17.9. The van der Waals surface area contributed by atoms with Gasteiger partial charge in [0.15, 0.2) is 17.5 Å². The first-order valence-corrected chi connectivity index (χ1v) is 10.4. The van der Waals surface area contributed by atoms with Crippen molar-refractivity contribution in [1.82, 2.24) is 15.1 Å². The van der Waals surface area contributed by atoms with E-state index < -0.39 is 18.5 Å². The lowest BCUT2D eigenvalue weighted by atomic mass is 10.1. The summed E-state index contributed by atoms with van der Waals surface area (Å²) < 4.78 is 57.5. The summed E-state index contributed by atoms with van der Waals surface area (Å²) in [6.45, 7) is 7.86. The summed E-state index contributed by atoms with van der Waals surface area (Å²) in [6.07, 6.45) is -3.68. The molecule has 0 radical (unpaired) electrons. The Bertz CT molecular complexity index is 683. The third-order valence-electron chi connectivity index (χ3n) is 4.95. The van der Waals surface area contributed by atoms with Gasteiger partial charge in [0.25, 0.3) is 0 Å². The number of alkyl halides is 3. The first kappa shape index (κ1) is 24.2. The number of ether oxygens (including phenoxy) is 1. The normalized spacial score (nSPS) is 18.7. The van der Waals surface area contributed by atoms with E-state index >= 15 is 0 Å². The van der Waals surface area contributed by atoms with Crippen molar-refractivity contribution in [2.75, 3.05) is 45.8 Å². The lowest BCUT2D eigenvalue weighted by Crippen LogP contribution is -2.42. The van der Waals surface area contributed by atoms with Crippen molar-refractivity contribution in [2.24, 2.45) is 10.9 Å². The maximum Gasteiger partial charge on any atom is 0.401 e. The third-order valence-corrected chi connectivity index (χ3v) is 4.95. The molecule has 0 aromatic heterocycles. The Hall–Kier alpha value is -2.03. The second-order valence-corrected chi connectivity index (χ2v) is 7.60. The Morgan fingerprint density at radius 2 is 2.07 bits per heavy atom. The number of nitrogens with one attached hydrogen (secondary N) is 1. The standard InChI is InChI=1S/C21H32F4N4O/c1-4-26-20(27-12-16(3)30-19-9-7-6-8-18(19)22)29-11-10-17(14-29)13-28(5-2)15-21(23,24)25/h6-9,16-17H,4-5,10-15H2,1-3H3,(H,26,27). The molecule has 1 aromatic rings. The van der Waals surface area contributed by atoms with Crippen molar-refractivity contribution < 1.29 is 22.3 Å². The van der Waals surface area contributed by atoms with Gasteiger partial charge in [-0.25, -0.2) is 9.38 Å². The van der Waals surface area contributed by atoms with E-state index in [1.54, 1.807) is 25.1 Å². The Balaban J connectivity index is 1.91. The lowest BCUT2D eigenvalue weighted by molar-refractivity contribution is -0.146. The smallest absolute Gasteiger partial charge is 0.401 e. The van der Waals surface area contributed by atoms with Crippen molar-refractivity contribution >= 4 is 5.96 Å². The minimum absolute atomic E-state index is 0.156. The highest BCUT2D eigenvalue weighted by atomic mass is 19.4. The van der Waals surface area contributed by atoms with Crippen molar-refractivity contribution in [1.29, 1.82) is 0 Å². The van der Waals surface area contributed by atoms with Gasteiger partial charge >= 0.3 is 6.18 Å². The van der Waals surface area contributed by atoms with Crippen molar-refractivity contribution in [3.8, 4) is 5.75 Å². The molecule has 0 saturated carbocycles. The number of halogens is 4. The summed E-state index contributed by atoms with van der Waals surface area (Å²) in [7, 11) is 0. The fraction of sp³-hybridized carbons (Fsp3) is 0.667. The van der Waals surface area contributed by atoms with Crippen LogP contribution in [0, 0.1) is 11.7 Å². The van der Waals surface area contributed by atoms with E-state index in [2.05, 4.69) is 15.2 Å². The molecule has 1 fully saturated rings. The minimum Gasteiger partial charge on any atom is -0.486 e. The van der Waals surface area contributed by atoms with Crippen molar-refractivity contribution in [2.45, 2.75) is 39.5 Å². The highest BCUT2D eigenvalue weighted by Gasteiger charge is 2.33. The van der Waals surface area contributed by atoms with Gasteiger partial charge in [0.1, 0.15) is 6.10 Å². The topological polar surface area (TPSA) is 40.1 Å². The van der Waals surface area contributed by atoms with E-state index in [0.29, 0.717) is 38.7 Å². The van der Waals surface area contributed by atoms with Crippen LogP contribution in [0.4, 0.5) is 17.6 Å². The SMILES string of the molecule is CCNC(=NCC(C)Oc1ccccc1F)N1CCC(CN(CC)CC(F)(F)F)C1. The quantitative estimate of drug-likeness (QED) is 0.366. The van der Waals surface area contributed by atoms with Crippen LogP contribution in [-0.2, 0) is 0 Å². The second kappa shape index (κ2) is 11.4. The van der Waals surface area contributed by atoms with Gasteiger partial charge < -0.3 is 15.0 Å². The summed E-state index contributed by atoms with van der Waals surface area (Å²) in [4.78, 5) is 8.13. The summed E-state index contributed by atoms with van der Waals surface area (Å²) in [5.74, 6) is 0.642. The van der Waals surface area contributed by atoms with Gasteiger partial charge in [-0.2, -0.15) is 13.2 Å². The second-order valence-electron chi connectivity index (χ2n) is 7.60. The molecule has 1 aromatic carbocycles. The molecular weight excluding hydrogens is 400 g/mol. The third kappa shape index (κ3) is 8.01. The molecule has 2 rings (SSSR count). The molecule has 1 heterocycles. The zero-order chi connectivity index (χ0) is 22.1. The van der Waals surface area contributed by atoms with E-state index in [9.17, 15) is 17.6 Å². The van der Waals surface area contributed by atoms with E-state index in [1.165, 1.54) is 11.0 Å². The average Bonchev–Trinajstić information content (AvgIpc) is 3.13. The zero-order valence-corrected chi connectivity index (χ0v) is 17.9. The molecule has 5 nitrogen and oxygen atoms in total. The summed E-state index contributed by atoms with van der Waals surface area (Å²) in [5, 5.41) is 3.23. The maximum atomic E-state index is 13.7. The Labute approximate surface area is 176 Å². The van der Waals surface area contributed by atoms with E-state index in [-0.39, 0.29) is 17.8 Å². The number of aliphatic imine (C=N–C) groups is 1. The summed E-state index contributed by atoms with van der Waals surface area (Å²) in [6, 6.07) is 6.23. The molecule has 170 valence electrons. The van der Waals surface area contributed by atoms with Crippen LogP contribution in [0.5, 0.6) is 5.75 Å². The molecule has 0 amide bonds. The number of benzene rings is 1. The Kier molecular flexibility index (Phi) is 9.20. The van der Waals surface area contributed by atoms with Crippen LogP contribution >= 0.6 is 0 Å². The number of hydrogen-bond acceptors (Lipinski definition) is 3. The molecule has 1 aliphatic rings. The highest BCUT2D eigenvalue weighted by Crippen LogP contribution is 2.22. The van der Waals surface area contributed by atoms with E-state index in [1.807, 2.05) is 13.8 Å². The predicted octanol–water partition coefficient (Wildman–Crippen LogP) is 3.76. The van der Waals surface area contributed by atoms with Crippen LogP contribution in [0.1, 0.15) is 27.2 Å². The van der Waals surface area contributed by atoms with E-state index in [4.69, 9.17) is 4.74 Å². The molecule has 9 heteroatoms. The van der Waals surface area contributed by atoms with Crippen molar-refractivity contribution in [3.63, 3.8) is 0 Å². The van der Waals surface area contributed by atoms with Crippen LogP contribution < -0.4 is 10.1 Å². The van der Waals surface area contributed by atoms with Crippen LogP contribution in [0.15, 0.2) is 29.3 Å².